The zero-order chi connectivity index (χ0) is 10.9. The number of rotatable bonds is 9. The van der Waals surface area contributed by atoms with Crippen LogP contribution in [0.5, 0.6) is 0 Å². The second-order valence-corrected chi connectivity index (χ2v) is 8.71. The molecular formula is C11H21Br3. The predicted octanol–water partition coefficient (Wildman–Crippen LogP) is 6.01. The summed E-state index contributed by atoms with van der Waals surface area (Å²) in [6.07, 6.45) is 10.4. The Kier molecular flexibility index (Phi) is 10.6. The van der Waals surface area contributed by atoms with Crippen molar-refractivity contribution in [2.24, 2.45) is 0 Å². The summed E-state index contributed by atoms with van der Waals surface area (Å²) in [4.78, 5) is 0. The molecule has 0 radical (unpaired) electrons. The smallest absolute Gasteiger partial charge is 0.0805 e. The maximum Gasteiger partial charge on any atom is 0.0805 e. The monoisotopic (exact) mass is 390 g/mol. The second kappa shape index (κ2) is 9.65. The Morgan fingerprint density at radius 2 is 1.43 bits per heavy atom. The van der Waals surface area contributed by atoms with E-state index in [4.69, 9.17) is 0 Å². The molecule has 0 N–H and O–H groups in total. The molecule has 0 unspecified atom stereocenters. The van der Waals surface area contributed by atoms with Gasteiger partial charge in [-0.05, 0) is 19.3 Å². The van der Waals surface area contributed by atoms with Crippen molar-refractivity contribution < 1.29 is 0 Å². The molecule has 0 aliphatic heterocycles. The van der Waals surface area contributed by atoms with E-state index in [1.54, 1.807) is 0 Å². The van der Waals surface area contributed by atoms with E-state index in [9.17, 15) is 0 Å². The Morgan fingerprint density at radius 1 is 0.857 bits per heavy atom. The van der Waals surface area contributed by atoms with Gasteiger partial charge < -0.3 is 0 Å². The fraction of sp³-hybridized carbons (Fsp3) is 1.00. The van der Waals surface area contributed by atoms with Gasteiger partial charge in [-0.15, -0.1) is 0 Å². The zero-order valence-electron chi connectivity index (χ0n) is 9.00. The van der Waals surface area contributed by atoms with Gasteiger partial charge in [0.25, 0.3) is 0 Å². The van der Waals surface area contributed by atoms with Crippen LogP contribution in [-0.2, 0) is 0 Å². The van der Waals surface area contributed by atoms with Crippen LogP contribution in [0.15, 0.2) is 0 Å². The summed E-state index contributed by atoms with van der Waals surface area (Å²) in [7, 11) is 0. The van der Waals surface area contributed by atoms with E-state index < -0.39 is 0 Å². The molecule has 0 bridgehead atoms. The van der Waals surface area contributed by atoms with Crippen LogP contribution in [0.1, 0.15) is 58.3 Å². The molecule has 0 spiro atoms. The highest BCUT2D eigenvalue weighted by Crippen LogP contribution is 2.37. The van der Waals surface area contributed by atoms with E-state index in [2.05, 4.69) is 54.7 Å². The molecule has 0 amide bonds. The average Bonchev–Trinajstić information content (AvgIpc) is 2.15. The van der Waals surface area contributed by atoms with Crippen molar-refractivity contribution >= 4 is 47.8 Å². The summed E-state index contributed by atoms with van der Waals surface area (Å²) in [5.41, 5.74) is 0. The fourth-order valence-corrected chi connectivity index (χ4v) is 2.91. The van der Waals surface area contributed by atoms with Crippen molar-refractivity contribution in [1.29, 1.82) is 0 Å². The highest BCUT2D eigenvalue weighted by Gasteiger charge is 2.20. The highest BCUT2D eigenvalue weighted by atomic mass is 79.9. The molecular weight excluding hydrogens is 372 g/mol. The van der Waals surface area contributed by atoms with Gasteiger partial charge in [0, 0.05) is 5.33 Å². The van der Waals surface area contributed by atoms with E-state index in [1.165, 1.54) is 51.4 Å². The van der Waals surface area contributed by atoms with E-state index >= 15 is 0 Å². The lowest BCUT2D eigenvalue weighted by Crippen LogP contribution is -2.10. The first-order valence-corrected chi connectivity index (χ1v) is 8.27. The topological polar surface area (TPSA) is 0 Å². The molecule has 0 saturated carbocycles. The minimum atomic E-state index is 0.213. The van der Waals surface area contributed by atoms with Crippen LogP contribution >= 0.6 is 47.8 Å². The van der Waals surface area contributed by atoms with Crippen LogP contribution < -0.4 is 0 Å². The first-order chi connectivity index (χ1) is 6.62. The van der Waals surface area contributed by atoms with Crippen molar-refractivity contribution in [3.8, 4) is 0 Å². The Morgan fingerprint density at radius 3 is 2.00 bits per heavy atom. The van der Waals surface area contributed by atoms with E-state index in [1.807, 2.05) is 0 Å². The largest absolute Gasteiger partial charge is 0.0928 e. The first-order valence-electron chi connectivity index (χ1n) is 5.56. The zero-order valence-corrected chi connectivity index (χ0v) is 13.8. The summed E-state index contributed by atoms with van der Waals surface area (Å²) in [5.74, 6) is 0. The lowest BCUT2D eigenvalue weighted by atomic mass is 10.1. The van der Waals surface area contributed by atoms with Gasteiger partial charge in [-0.3, -0.25) is 0 Å². The molecule has 0 heterocycles. The van der Waals surface area contributed by atoms with Crippen LogP contribution in [0, 0.1) is 0 Å². The number of alkyl halides is 3. The molecule has 86 valence electrons. The summed E-state index contributed by atoms with van der Waals surface area (Å²) in [5, 5.41) is 1.15. The van der Waals surface area contributed by atoms with Crippen molar-refractivity contribution in [3.05, 3.63) is 0 Å². The molecule has 0 aromatic carbocycles. The minimum absolute atomic E-state index is 0.213. The van der Waals surface area contributed by atoms with Crippen LogP contribution in [0.4, 0.5) is 0 Å². The standard InChI is InChI=1S/C11H21Br3/c1-2-3-8-11(13,14)9-6-4-5-7-10-12/h2-10H2,1H3. The van der Waals surface area contributed by atoms with Crippen molar-refractivity contribution in [2.45, 2.75) is 61.5 Å². The molecule has 0 nitrogen and oxygen atoms in total. The van der Waals surface area contributed by atoms with E-state index in [0.717, 1.165) is 5.33 Å². The lowest BCUT2D eigenvalue weighted by molar-refractivity contribution is 0.572. The number of hydrogen-bond donors (Lipinski definition) is 0. The van der Waals surface area contributed by atoms with Crippen LogP contribution in [0.2, 0.25) is 0 Å². The summed E-state index contributed by atoms with van der Waals surface area (Å²) >= 11 is 11.0. The normalized spacial score (nSPS) is 12.0. The highest BCUT2D eigenvalue weighted by molar-refractivity contribution is 9.25. The first kappa shape index (κ1) is 15.4. The third kappa shape index (κ3) is 9.97. The lowest BCUT2D eigenvalue weighted by Gasteiger charge is -2.19. The van der Waals surface area contributed by atoms with Gasteiger partial charge >= 0.3 is 0 Å². The quantitative estimate of drug-likeness (QED) is 0.333. The molecule has 0 atom stereocenters. The SMILES string of the molecule is CCCCC(Br)(Br)CCCCCCBr. The maximum atomic E-state index is 3.76. The maximum absolute atomic E-state index is 3.76. The Bertz CT molecular complexity index is 124. The van der Waals surface area contributed by atoms with E-state index in [0.29, 0.717) is 0 Å². The number of halogens is 3. The average molecular weight is 393 g/mol. The van der Waals surface area contributed by atoms with Crippen LogP contribution in [-0.4, -0.2) is 8.56 Å². The summed E-state index contributed by atoms with van der Waals surface area (Å²) < 4.78 is 0.213. The fourth-order valence-electron chi connectivity index (χ4n) is 1.39. The van der Waals surface area contributed by atoms with Gasteiger partial charge in [0.2, 0.25) is 0 Å². The van der Waals surface area contributed by atoms with Gasteiger partial charge in [0.05, 0.1) is 3.23 Å². The third-order valence-corrected chi connectivity index (χ3v) is 4.47. The van der Waals surface area contributed by atoms with Crippen molar-refractivity contribution in [3.63, 3.8) is 0 Å². The molecule has 0 aliphatic carbocycles. The van der Waals surface area contributed by atoms with Gasteiger partial charge in [-0.2, -0.15) is 0 Å². The molecule has 0 aromatic heterocycles. The number of unbranched alkanes of at least 4 members (excludes halogenated alkanes) is 4. The molecule has 0 aliphatic rings. The van der Waals surface area contributed by atoms with Crippen molar-refractivity contribution in [2.75, 3.05) is 5.33 Å². The van der Waals surface area contributed by atoms with Gasteiger partial charge in [-0.25, -0.2) is 0 Å². The summed E-state index contributed by atoms with van der Waals surface area (Å²) in [6.45, 7) is 2.24. The Labute approximate surface area is 114 Å². The minimum Gasteiger partial charge on any atom is -0.0928 e. The Hall–Kier alpha value is 1.44. The molecule has 0 rings (SSSR count). The molecule has 0 fully saturated rings. The van der Waals surface area contributed by atoms with Gasteiger partial charge in [0.1, 0.15) is 0 Å². The van der Waals surface area contributed by atoms with Crippen LogP contribution in [0.3, 0.4) is 0 Å². The van der Waals surface area contributed by atoms with Crippen molar-refractivity contribution in [1.82, 2.24) is 0 Å². The molecule has 3 heteroatoms. The second-order valence-electron chi connectivity index (χ2n) is 3.81. The third-order valence-electron chi connectivity index (χ3n) is 2.32. The molecule has 0 aromatic rings. The number of hydrogen-bond acceptors (Lipinski definition) is 0. The molecule has 14 heavy (non-hydrogen) atoms. The predicted molar refractivity (Wildman–Crippen MR) is 77.0 cm³/mol. The van der Waals surface area contributed by atoms with E-state index in [-0.39, 0.29) is 3.23 Å². The summed E-state index contributed by atoms with van der Waals surface area (Å²) in [6, 6.07) is 0. The Balaban J connectivity index is 3.35. The molecule has 0 saturated heterocycles. The van der Waals surface area contributed by atoms with Gasteiger partial charge in [-0.1, -0.05) is 86.8 Å². The van der Waals surface area contributed by atoms with Gasteiger partial charge in [0.15, 0.2) is 0 Å². The van der Waals surface area contributed by atoms with Crippen LogP contribution in [0.25, 0.3) is 0 Å².